The number of rotatable bonds is 9. The van der Waals surface area contributed by atoms with E-state index in [1.165, 1.54) is 0 Å². The Balaban J connectivity index is 3.33. The van der Waals surface area contributed by atoms with Gasteiger partial charge in [-0.3, -0.25) is 0 Å². The van der Waals surface area contributed by atoms with Crippen LogP contribution in [-0.2, 0) is 19.2 Å². The molecule has 0 saturated heterocycles. The standard InChI is InChI=1S/C14H24O8/c1-4-9(6-15)20-12-11(22-19)13(18)21-14(12,5-8(2)3)10(17)7-16/h8-10,15-17,19H,4-7H2,1-3H3/t9?,10-,14+/m0/s1. The van der Waals surface area contributed by atoms with E-state index < -0.39 is 36.1 Å². The van der Waals surface area contributed by atoms with Crippen LogP contribution < -0.4 is 0 Å². The Bertz CT molecular complexity index is 415. The Morgan fingerprint density at radius 2 is 1.91 bits per heavy atom. The summed E-state index contributed by atoms with van der Waals surface area (Å²) in [6.07, 6.45) is -1.57. The van der Waals surface area contributed by atoms with Crippen LogP contribution in [0.25, 0.3) is 0 Å². The maximum atomic E-state index is 11.9. The minimum Gasteiger partial charge on any atom is -0.484 e. The molecule has 8 heteroatoms. The molecule has 0 aromatic rings. The molecule has 8 nitrogen and oxygen atoms in total. The van der Waals surface area contributed by atoms with Gasteiger partial charge in [-0.1, -0.05) is 20.8 Å². The van der Waals surface area contributed by atoms with Crippen molar-refractivity contribution in [3.63, 3.8) is 0 Å². The van der Waals surface area contributed by atoms with Gasteiger partial charge in [-0.05, 0) is 18.8 Å². The molecule has 0 fully saturated rings. The number of aliphatic hydroxyl groups excluding tert-OH is 3. The smallest absolute Gasteiger partial charge is 0.382 e. The lowest BCUT2D eigenvalue weighted by Crippen LogP contribution is -2.49. The predicted molar refractivity (Wildman–Crippen MR) is 74.4 cm³/mol. The second-order valence-electron chi connectivity index (χ2n) is 5.66. The van der Waals surface area contributed by atoms with E-state index >= 15 is 0 Å². The van der Waals surface area contributed by atoms with E-state index in [2.05, 4.69) is 4.89 Å². The number of carbonyl (C=O) groups excluding carboxylic acids is 1. The van der Waals surface area contributed by atoms with Gasteiger partial charge in [0, 0.05) is 0 Å². The van der Waals surface area contributed by atoms with Crippen LogP contribution in [0, 0.1) is 5.92 Å². The predicted octanol–water partition coefficient (Wildman–Crippen LogP) is 0.170. The van der Waals surface area contributed by atoms with Gasteiger partial charge in [-0.2, -0.15) is 0 Å². The van der Waals surface area contributed by atoms with Crippen molar-refractivity contribution >= 4 is 5.97 Å². The molecule has 22 heavy (non-hydrogen) atoms. The zero-order valence-electron chi connectivity index (χ0n) is 13.0. The first-order valence-electron chi connectivity index (χ1n) is 7.22. The molecule has 1 rings (SSSR count). The molecular formula is C14H24O8. The van der Waals surface area contributed by atoms with Crippen LogP contribution in [0.3, 0.4) is 0 Å². The van der Waals surface area contributed by atoms with Crippen molar-refractivity contribution in [3.05, 3.63) is 11.5 Å². The van der Waals surface area contributed by atoms with Gasteiger partial charge in [-0.25, -0.2) is 10.1 Å². The monoisotopic (exact) mass is 320 g/mol. The Kier molecular flexibility index (Phi) is 6.61. The van der Waals surface area contributed by atoms with E-state index in [1.54, 1.807) is 6.92 Å². The van der Waals surface area contributed by atoms with Gasteiger partial charge < -0.3 is 29.7 Å². The van der Waals surface area contributed by atoms with Gasteiger partial charge in [-0.15, -0.1) is 0 Å². The first-order valence-corrected chi connectivity index (χ1v) is 7.22. The molecule has 0 aromatic carbocycles. The van der Waals surface area contributed by atoms with E-state index in [1.807, 2.05) is 13.8 Å². The molecule has 0 saturated carbocycles. The van der Waals surface area contributed by atoms with E-state index in [-0.39, 0.29) is 24.7 Å². The number of hydrogen-bond acceptors (Lipinski definition) is 8. The molecule has 1 unspecified atom stereocenters. The third kappa shape index (κ3) is 3.52. The third-order valence-electron chi connectivity index (χ3n) is 3.51. The fraction of sp³-hybridized carbons (Fsp3) is 0.786. The fourth-order valence-electron chi connectivity index (χ4n) is 2.44. The number of esters is 1. The number of hydrogen-bond donors (Lipinski definition) is 4. The quantitative estimate of drug-likeness (QED) is 0.269. The molecule has 1 heterocycles. The van der Waals surface area contributed by atoms with Crippen molar-refractivity contribution in [2.24, 2.45) is 5.92 Å². The number of aliphatic hydroxyl groups is 3. The molecule has 0 radical (unpaired) electrons. The summed E-state index contributed by atoms with van der Waals surface area (Å²) in [6.45, 7) is 4.41. The van der Waals surface area contributed by atoms with Crippen LogP contribution in [0.5, 0.6) is 0 Å². The molecule has 0 amide bonds. The van der Waals surface area contributed by atoms with Crippen molar-refractivity contribution < 1.29 is 39.7 Å². The summed E-state index contributed by atoms with van der Waals surface area (Å²) >= 11 is 0. The summed E-state index contributed by atoms with van der Waals surface area (Å²) < 4.78 is 10.8. The lowest BCUT2D eigenvalue weighted by atomic mass is 9.85. The maximum Gasteiger partial charge on any atom is 0.382 e. The van der Waals surface area contributed by atoms with Gasteiger partial charge in [0.15, 0.2) is 5.76 Å². The van der Waals surface area contributed by atoms with Gasteiger partial charge in [0.1, 0.15) is 12.2 Å². The van der Waals surface area contributed by atoms with E-state index in [0.29, 0.717) is 6.42 Å². The highest BCUT2D eigenvalue weighted by Gasteiger charge is 2.56. The molecule has 1 aliphatic heterocycles. The minimum absolute atomic E-state index is 0.0279. The highest BCUT2D eigenvalue weighted by atomic mass is 17.1. The molecule has 0 bridgehead atoms. The first-order chi connectivity index (χ1) is 10.4. The average molecular weight is 320 g/mol. The van der Waals surface area contributed by atoms with Crippen LogP contribution in [0.15, 0.2) is 11.5 Å². The van der Waals surface area contributed by atoms with Crippen molar-refractivity contribution in [1.29, 1.82) is 0 Å². The molecule has 0 spiro atoms. The van der Waals surface area contributed by atoms with Crippen molar-refractivity contribution in [2.45, 2.75) is 51.4 Å². The highest BCUT2D eigenvalue weighted by Crippen LogP contribution is 2.42. The van der Waals surface area contributed by atoms with Crippen molar-refractivity contribution in [1.82, 2.24) is 0 Å². The topological polar surface area (TPSA) is 126 Å². The Morgan fingerprint density at radius 1 is 1.27 bits per heavy atom. The summed E-state index contributed by atoms with van der Waals surface area (Å²) in [7, 11) is 0. The van der Waals surface area contributed by atoms with E-state index in [0.717, 1.165) is 0 Å². The highest BCUT2D eigenvalue weighted by molar-refractivity contribution is 5.90. The van der Waals surface area contributed by atoms with E-state index in [4.69, 9.17) is 14.7 Å². The number of cyclic esters (lactones) is 1. The number of carbonyl (C=O) groups is 1. The molecule has 3 atom stereocenters. The summed E-state index contributed by atoms with van der Waals surface area (Å²) in [5, 5.41) is 37.7. The van der Waals surface area contributed by atoms with Gasteiger partial charge in [0.25, 0.3) is 5.76 Å². The van der Waals surface area contributed by atoms with Crippen LogP contribution in [0.2, 0.25) is 0 Å². The molecule has 0 aliphatic carbocycles. The molecule has 4 N–H and O–H groups in total. The Morgan fingerprint density at radius 3 is 2.32 bits per heavy atom. The normalized spacial score (nSPS) is 24.5. The van der Waals surface area contributed by atoms with Gasteiger partial charge >= 0.3 is 5.97 Å². The lowest BCUT2D eigenvalue weighted by Gasteiger charge is -2.35. The Hall–Kier alpha value is -1.35. The van der Waals surface area contributed by atoms with Crippen molar-refractivity contribution in [2.75, 3.05) is 13.2 Å². The van der Waals surface area contributed by atoms with E-state index in [9.17, 15) is 20.1 Å². The zero-order valence-corrected chi connectivity index (χ0v) is 13.0. The maximum absolute atomic E-state index is 11.9. The van der Waals surface area contributed by atoms with Gasteiger partial charge in [0.2, 0.25) is 5.60 Å². The summed E-state index contributed by atoms with van der Waals surface area (Å²) in [5.74, 6) is -1.82. The molecule has 128 valence electrons. The third-order valence-corrected chi connectivity index (χ3v) is 3.51. The zero-order chi connectivity index (χ0) is 16.9. The largest absolute Gasteiger partial charge is 0.484 e. The first kappa shape index (κ1) is 18.7. The molecule has 1 aliphatic rings. The summed E-state index contributed by atoms with van der Waals surface area (Å²) in [5.41, 5.74) is -1.67. The summed E-state index contributed by atoms with van der Waals surface area (Å²) in [4.78, 5) is 16.0. The Labute approximate surface area is 128 Å². The van der Waals surface area contributed by atoms with Gasteiger partial charge in [0.05, 0.1) is 13.2 Å². The van der Waals surface area contributed by atoms with Crippen LogP contribution in [0.1, 0.15) is 33.6 Å². The van der Waals surface area contributed by atoms with Crippen LogP contribution >= 0.6 is 0 Å². The second-order valence-corrected chi connectivity index (χ2v) is 5.66. The minimum atomic E-state index is -1.67. The number of ether oxygens (including phenoxy) is 2. The van der Waals surface area contributed by atoms with Crippen molar-refractivity contribution in [3.8, 4) is 0 Å². The molecule has 0 aromatic heterocycles. The van der Waals surface area contributed by atoms with Crippen LogP contribution in [-0.4, -0.2) is 57.6 Å². The average Bonchev–Trinajstić information content (AvgIpc) is 2.74. The SMILES string of the molecule is CCC(CO)OC1=C(OO)C(=O)O[C@]1(CC(C)C)[C@@H](O)CO. The summed E-state index contributed by atoms with van der Waals surface area (Å²) in [6, 6.07) is 0. The van der Waals surface area contributed by atoms with Crippen LogP contribution in [0.4, 0.5) is 0 Å². The second kappa shape index (κ2) is 7.77. The fourth-order valence-corrected chi connectivity index (χ4v) is 2.44. The molecular weight excluding hydrogens is 296 g/mol. The lowest BCUT2D eigenvalue weighted by molar-refractivity contribution is -0.211.